The quantitative estimate of drug-likeness (QED) is 0.344. The maximum Gasteiger partial charge on any atom is 0.255 e. The van der Waals surface area contributed by atoms with E-state index >= 15 is 0 Å². The summed E-state index contributed by atoms with van der Waals surface area (Å²) in [6, 6.07) is 19.2. The summed E-state index contributed by atoms with van der Waals surface area (Å²) in [6.45, 7) is 9.27. The van der Waals surface area contributed by atoms with Gasteiger partial charge in [-0.25, -0.2) is 13.8 Å². The molecule has 0 unspecified atom stereocenters. The zero-order valence-corrected chi connectivity index (χ0v) is 21.8. The minimum absolute atomic E-state index is 0.0744. The maximum absolute atomic E-state index is 13.8. The zero-order chi connectivity index (χ0) is 25.6. The van der Waals surface area contributed by atoms with Crippen LogP contribution in [-0.2, 0) is 27.8 Å². The lowest BCUT2D eigenvalue weighted by atomic mass is 10.1. The number of hydrogen-bond donors (Lipinski definition) is 1. The van der Waals surface area contributed by atoms with Crippen LogP contribution in [0.1, 0.15) is 45.9 Å². The predicted octanol–water partition coefficient (Wildman–Crippen LogP) is 4.82. The molecule has 0 aliphatic carbocycles. The van der Waals surface area contributed by atoms with Gasteiger partial charge < -0.3 is 0 Å². The van der Waals surface area contributed by atoms with Gasteiger partial charge in [-0.2, -0.15) is 9.41 Å². The summed E-state index contributed by atoms with van der Waals surface area (Å²) in [7, 11) is -3.95. The largest absolute Gasteiger partial charge is 0.272 e. The molecule has 0 aliphatic rings. The van der Waals surface area contributed by atoms with Gasteiger partial charge in [0.1, 0.15) is 0 Å². The summed E-state index contributed by atoms with van der Waals surface area (Å²) < 4.78 is 28.7. The lowest BCUT2D eigenvalue weighted by Gasteiger charge is -2.24. The van der Waals surface area contributed by atoms with Crippen molar-refractivity contribution in [1.29, 1.82) is 0 Å². The van der Waals surface area contributed by atoms with Gasteiger partial charge in [0.25, 0.3) is 5.91 Å². The molecule has 0 spiro atoms. The van der Waals surface area contributed by atoms with E-state index in [1.807, 2.05) is 74.5 Å². The fourth-order valence-corrected chi connectivity index (χ4v) is 5.84. The van der Waals surface area contributed by atoms with Gasteiger partial charge in [0.05, 0.1) is 17.7 Å². The van der Waals surface area contributed by atoms with E-state index in [2.05, 4.69) is 17.5 Å². The van der Waals surface area contributed by atoms with Crippen molar-refractivity contribution in [2.24, 2.45) is 5.10 Å². The fraction of sp³-hybridized carbons (Fsp3) is 0.286. The molecule has 7 heteroatoms. The Kier molecular flexibility index (Phi) is 8.59. The molecular formula is C28H33N3O3S. The Bertz CT molecular complexity index is 1290. The van der Waals surface area contributed by atoms with Crippen molar-refractivity contribution in [3.8, 4) is 0 Å². The Morgan fingerprint density at radius 1 is 0.886 bits per heavy atom. The number of carbonyl (C=O) groups is 1. The van der Waals surface area contributed by atoms with E-state index < -0.39 is 15.9 Å². The van der Waals surface area contributed by atoms with Crippen molar-refractivity contribution in [3.63, 3.8) is 0 Å². The van der Waals surface area contributed by atoms with Gasteiger partial charge in [0, 0.05) is 6.54 Å². The smallest absolute Gasteiger partial charge is 0.255 e. The van der Waals surface area contributed by atoms with Crippen molar-refractivity contribution in [2.45, 2.75) is 52.5 Å². The highest BCUT2D eigenvalue weighted by Gasteiger charge is 2.30. The van der Waals surface area contributed by atoms with Crippen molar-refractivity contribution in [1.82, 2.24) is 9.73 Å². The van der Waals surface area contributed by atoms with Crippen molar-refractivity contribution >= 4 is 22.1 Å². The third kappa shape index (κ3) is 6.87. The molecule has 0 atom stereocenters. The molecule has 0 saturated carbocycles. The third-order valence-electron chi connectivity index (χ3n) is 5.79. The van der Waals surface area contributed by atoms with E-state index in [0.29, 0.717) is 11.1 Å². The number of amides is 1. The zero-order valence-electron chi connectivity index (χ0n) is 21.0. The summed E-state index contributed by atoms with van der Waals surface area (Å²) in [6.07, 6.45) is 2.49. The van der Waals surface area contributed by atoms with E-state index in [4.69, 9.17) is 0 Å². The fourth-order valence-electron chi connectivity index (χ4n) is 4.04. The Hall–Kier alpha value is -3.29. The molecule has 0 heterocycles. The molecule has 1 amide bonds. The highest BCUT2D eigenvalue weighted by Crippen LogP contribution is 2.26. The molecule has 3 rings (SSSR count). The van der Waals surface area contributed by atoms with Gasteiger partial charge >= 0.3 is 0 Å². The number of benzene rings is 3. The number of sulfonamides is 1. The van der Waals surface area contributed by atoms with E-state index in [1.165, 1.54) is 9.87 Å². The van der Waals surface area contributed by atoms with Crippen LogP contribution in [0.2, 0.25) is 0 Å². The van der Waals surface area contributed by atoms with Crippen LogP contribution in [0.4, 0.5) is 0 Å². The summed E-state index contributed by atoms with van der Waals surface area (Å²) in [5.41, 5.74) is 8.71. The van der Waals surface area contributed by atoms with Crippen LogP contribution >= 0.6 is 0 Å². The second-order valence-electron chi connectivity index (χ2n) is 8.87. The summed E-state index contributed by atoms with van der Waals surface area (Å²) in [4.78, 5) is 13.0. The first-order valence-electron chi connectivity index (χ1n) is 11.6. The molecule has 0 aromatic heterocycles. The van der Waals surface area contributed by atoms with Gasteiger partial charge in [0.2, 0.25) is 10.0 Å². The van der Waals surface area contributed by atoms with Crippen LogP contribution in [0.25, 0.3) is 0 Å². The average Bonchev–Trinajstić information content (AvgIpc) is 2.79. The second kappa shape index (κ2) is 11.4. The molecule has 184 valence electrons. The number of aryl methyl sites for hydroxylation is 5. The highest BCUT2D eigenvalue weighted by molar-refractivity contribution is 7.89. The highest BCUT2D eigenvalue weighted by atomic mass is 32.2. The molecule has 3 aromatic carbocycles. The topological polar surface area (TPSA) is 78.8 Å². The van der Waals surface area contributed by atoms with Gasteiger partial charge in [-0.05, 0) is 61.9 Å². The molecule has 35 heavy (non-hydrogen) atoms. The van der Waals surface area contributed by atoms with Crippen LogP contribution in [0.5, 0.6) is 0 Å². The van der Waals surface area contributed by atoms with Crippen molar-refractivity contribution < 1.29 is 13.2 Å². The molecule has 1 N–H and O–H groups in total. The van der Waals surface area contributed by atoms with Crippen molar-refractivity contribution in [3.05, 3.63) is 99.6 Å². The van der Waals surface area contributed by atoms with E-state index in [1.54, 1.807) is 20.1 Å². The second-order valence-corrected chi connectivity index (χ2v) is 10.7. The number of carbonyl (C=O) groups excluding carboxylic acids is 1. The molecule has 0 saturated heterocycles. The molecular weight excluding hydrogens is 458 g/mol. The first-order chi connectivity index (χ1) is 16.6. The van der Waals surface area contributed by atoms with Crippen LogP contribution in [0, 0.1) is 27.7 Å². The summed E-state index contributed by atoms with van der Waals surface area (Å²) in [5, 5.41) is 4.02. The summed E-state index contributed by atoms with van der Waals surface area (Å²) in [5.74, 6) is -0.510. The standard InChI is InChI=1S/C28H33N3O3S/c1-6-24-11-13-25(14-12-24)17-29-30-27(32)19-31(18-26-9-7-20(2)8-10-26)35(33,34)28-22(4)15-21(3)16-23(28)5/h7-17H,6,18-19H2,1-5H3,(H,30,32). The first kappa shape index (κ1) is 26.3. The van der Waals surface area contributed by atoms with Gasteiger partial charge in [-0.1, -0.05) is 78.7 Å². The Balaban J connectivity index is 1.84. The number of hydrazone groups is 1. The van der Waals surface area contributed by atoms with Gasteiger partial charge in [-0.3, -0.25) is 4.79 Å². The Morgan fingerprint density at radius 3 is 2.03 bits per heavy atom. The average molecular weight is 492 g/mol. The molecule has 0 aliphatic heterocycles. The van der Waals surface area contributed by atoms with E-state index in [-0.39, 0.29) is 18.0 Å². The minimum Gasteiger partial charge on any atom is -0.272 e. The van der Waals surface area contributed by atoms with Crippen LogP contribution < -0.4 is 5.43 Å². The molecule has 3 aromatic rings. The van der Waals surface area contributed by atoms with Crippen molar-refractivity contribution in [2.75, 3.05) is 6.54 Å². The van der Waals surface area contributed by atoms with Gasteiger partial charge in [0.15, 0.2) is 0 Å². The molecule has 6 nitrogen and oxygen atoms in total. The molecule has 0 radical (unpaired) electrons. The number of nitrogens with one attached hydrogen (secondary N) is 1. The van der Waals surface area contributed by atoms with Crippen LogP contribution in [-0.4, -0.2) is 31.4 Å². The third-order valence-corrected chi connectivity index (χ3v) is 7.89. The molecule has 0 bridgehead atoms. The minimum atomic E-state index is -3.95. The predicted molar refractivity (Wildman–Crippen MR) is 141 cm³/mol. The van der Waals surface area contributed by atoms with Crippen LogP contribution in [0.3, 0.4) is 0 Å². The van der Waals surface area contributed by atoms with E-state index in [0.717, 1.165) is 28.7 Å². The SMILES string of the molecule is CCc1ccc(C=NNC(=O)CN(Cc2ccc(C)cc2)S(=O)(=O)c2c(C)cc(C)cc2C)cc1. The first-order valence-corrected chi connectivity index (χ1v) is 13.1. The monoisotopic (exact) mass is 491 g/mol. The van der Waals surface area contributed by atoms with Gasteiger partial charge in [-0.15, -0.1) is 0 Å². The number of rotatable bonds is 9. The number of nitrogens with zero attached hydrogens (tertiary/aromatic N) is 2. The van der Waals surface area contributed by atoms with Crippen LogP contribution in [0.15, 0.2) is 70.7 Å². The summed E-state index contributed by atoms with van der Waals surface area (Å²) >= 11 is 0. The Labute approximate surface area is 208 Å². The molecule has 0 fully saturated rings. The maximum atomic E-state index is 13.8. The van der Waals surface area contributed by atoms with E-state index in [9.17, 15) is 13.2 Å². The lowest BCUT2D eigenvalue weighted by molar-refractivity contribution is -0.121. The lowest BCUT2D eigenvalue weighted by Crippen LogP contribution is -2.39. The Morgan fingerprint density at radius 2 is 1.46 bits per heavy atom. The normalized spacial score (nSPS) is 11.8. The number of hydrogen-bond acceptors (Lipinski definition) is 4.